The zero-order chi connectivity index (χ0) is 56.4. The molecule has 1 unspecified atom stereocenters. The average Bonchev–Trinajstić information content (AvgIpc) is 3.44. The Labute approximate surface area is 484 Å². The fourth-order valence-corrected chi connectivity index (χ4v) is 9.84. The molecule has 1 atom stereocenters. The van der Waals surface area contributed by atoms with E-state index in [-0.39, 0.29) is 31.1 Å². The second kappa shape index (κ2) is 66.4. The maximum Gasteiger partial charge on any atom is 0.306 e. The van der Waals surface area contributed by atoms with Crippen LogP contribution in [-0.4, -0.2) is 37.2 Å². The van der Waals surface area contributed by atoms with Crippen LogP contribution in [0, 0.1) is 0 Å². The monoisotopic (exact) mass is 1090 g/mol. The molecule has 78 heavy (non-hydrogen) atoms. The van der Waals surface area contributed by atoms with Crippen molar-refractivity contribution in [2.45, 2.75) is 354 Å². The third-order valence-corrected chi connectivity index (χ3v) is 14.9. The third kappa shape index (κ3) is 63.7. The Balaban J connectivity index is 4.23. The Morgan fingerprint density at radius 3 is 0.795 bits per heavy atom. The van der Waals surface area contributed by atoms with Crippen LogP contribution >= 0.6 is 0 Å². The molecule has 452 valence electrons. The van der Waals surface area contributed by atoms with Crippen molar-refractivity contribution in [1.82, 2.24) is 0 Å². The maximum atomic E-state index is 12.9. The first-order valence-electron chi connectivity index (χ1n) is 33.9. The number of carbonyl (C=O) groups excluding carboxylic acids is 3. The minimum Gasteiger partial charge on any atom is -0.462 e. The lowest BCUT2D eigenvalue weighted by Crippen LogP contribution is -2.30. The standard InChI is InChI=1S/C72H128O6/c1-4-7-10-13-16-19-22-25-28-30-31-32-33-34-35-36-37-38-39-40-41-43-44-47-50-53-56-59-62-65-71(74)77-68-69(67-76-70(73)64-61-58-55-52-49-46-27-24-21-18-15-12-9-6-3)78-72(75)66-63-60-57-54-51-48-45-42-29-26-23-20-17-14-11-8-5-2/h8,11,17,20,22,24-27,29-31,69H,4-7,9-10,12-16,18-19,21,23,28,32-68H2,1-3H3/b11-8-,20-17-,25-22-,27-24-,29-26-,31-30-. The SMILES string of the molecule is CC/C=C\C/C=C\C/C=C\CCCCCCCCCC(=O)OC(COC(=O)CCCCCCC/C=C\CCCCCCC)COC(=O)CCCCCCCCCCCCCCCCCCC/C=C\C/C=C\CCCCCCC. The van der Waals surface area contributed by atoms with Crippen molar-refractivity contribution < 1.29 is 28.6 Å². The van der Waals surface area contributed by atoms with Gasteiger partial charge in [0.25, 0.3) is 0 Å². The summed E-state index contributed by atoms with van der Waals surface area (Å²) in [7, 11) is 0. The van der Waals surface area contributed by atoms with E-state index in [2.05, 4.69) is 93.7 Å². The lowest BCUT2D eigenvalue weighted by atomic mass is 10.0. The summed E-state index contributed by atoms with van der Waals surface area (Å²) in [5.74, 6) is -0.881. The van der Waals surface area contributed by atoms with Gasteiger partial charge in [0.15, 0.2) is 6.10 Å². The largest absolute Gasteiger partial charge is 0.462 e. The van der Waals surface area contributed by atoms with Crippen molar-refractivity contribution in [3.63, 3.8) is 0 Å². The summed E-state index contributed by atoms with van der Waals surface area (Å²) >= 11 is 0. The molecule has 0 aromatic rings. The van der Waals surface area contributed by atoms with Gasteiger partial charge in [0.1, 0.15) is 13.2 Å². The Morgan fingerprint density at radius 2 is 0.500 bits per heavy atom. The average molecular weight is 1090 g/mol. The van der Waals surface area contributed by atoms with Crippen LogP contribution in [-0.2, 0) is 28.6 Å². The highest BCUT2D eigenvalue weighted by Gasteiger charge is 2.19. The van der Waals surface area contributed by atoms with E-state index in [1.165, 1.54) is 212 Å². The lowest BCUT2D eigenvalue weighted by Gasteiger charge is -2.18. The van der Waals surface area contributed by atoms with Crippen LogP contribution in [0.4, 0.5) is 0 Å². The van der Waals surface area contributed by atoms with Gasteiger partial charge in [-0.25, -0.2) is 0 Å². The smallest absolute Gasteiger partial charge is 0.306 e. The van der Waals surface area contributed by atoms with Crippen molar-refractivity contribution in [2.24, 2.45) is 0 Å². The van der Waals surface area contributed by atoms with E-state index >= 15 is 0 Å². The lowest BCUT2D eigenvalue weighted by molar-refractivity contribution is -0.167. The summed E-state index contributed by atoms with van der Waals surface area (Å²) in [6.07, 6.45) is 86.4. The van der Waals surface area contributed by atoms with Crippen LogP contribution in [0.3, 0.4) is 0 Å². The van der Waals surface area contributed by atoms with Crippen LogP contribution in [0.25, 0.3) is 0 Å². The van der Waals surface area contributed by atoms with Gasteiger partial charge in [-0.15, -0.1) is 0 Å². The summed E-state index contributed by atoms with van der Waals surface area (Å²) < 4.78 is 16.9. The first kappa shape index (κ1) is 74.8. The van der Waals surface area contributed by atoms with E-state index in [1.807, 2.05) is 0 Å². The molecule has 0 aromatic heterocycles. The van der Waals surface area contributed by atoms with E-state index in [4.69, 9.17) is 14.2 Å². The fraction of sp³-hybridized carbons (Fsp3) is 0.792. The van der Waals surface area contributed by atoms with Crippen LogP contribution in [0.5, 0.6) is 0 Å². The molecule has 0 radical (unpaired) electrons. The second-order valence-corrected chi connectivity index (χ2v) is 22.7. The van der Waals surface area contributed by atoms with Crippen molar-refractivity contribution in [1.29, 1.82) is 0 Å². The van der Waals surface area contributed by atoms with Crippen LogP contribution in [0.15, 0.2) is 72.9 Å². The van der Waals surface area contributed by atoms with Crippen molar-refractivity contribution in [3.05, 3.63) is 72.9 Å². The van der Waals surface area contributed by atoms with Gasteiger partial charge in [0, 0.05) is 19.3 Å². The molecule has 0 saturated carbocycles. The Bertz CT molecular complexity index is 1440. The van der Waals surface area contributed by atoms with Gasteiger partial charge in [0.05, 0.1) is 0 Å². The van der Waals surface area contributed by atoms with Crippen LogP contribution in [0.2, 0.25) is 0 Å². The molecule has 0 rings (SSSR count). The number of rotatable bonds is 62. The second-order valence-electron chi connectivity index (χ2n) is 22.7. The molecule has 0 aliphatic rings. The van der Waals surface area contributed by atoms with Crippen LogP contribution < -0.4 is 0 Å². The number of hydrogen-bond donors (Lipinski definition) is 0. The normalized spacial score (nSPS) is 12.5. The third-order valence-electron chi connectivity index (χ3n) is 14.9. The van der Waals surface area contributed by atoms with Gasteiger partial charge in [-0.2, -0.15) is 0 Å². The molecule has 6 heteroatoms. The summed E-state index contributed by atoms with van der Waals surface area (Å²) in [5.41, 5.74) is 0. The molecule has 0 spiro atoms. The predicted octanol–water partition coefficient (Wildman–Crippen LogP) is 23.3. The summed E-state index contributed by atoms with van der Waals surface area (Å²) in [6, 6.07) is 0. The van der Waals surface area contributed by atoms with E-state index in [1.54, 1.807) is 0 Å². The van der Waals surface area contributed by atoms with E-state index in [9.17, 15) is 14.4 Å². The fourth-order valence-electron chi connectivity index (χ4n) is 9.84. The Hall–Kier alpha value is -3.15. The zero-order valence-electron chi connectivity index (χ0n) is 51.9. The molecule has 0 fully saturated rings. The number of hydrogen-bond acceptors (Lipinski definition) is 6. The number of unbranched alkanes of at least 4 members (excludes halogenated alkanes) is 39. The van der Waals surface area contributed by atoms with E-state index in [0.717, 1.165) is 96.3 Å². The maximum absolute atomic E-state index is 12.9. The van der Waals surface area contributed by atoms with Gasteiger partial charge < -0.3 is 14.2 Å². The number of carbonyl (C=O) groups is 3. The summed E-state index contributed by atoms with van der Waals surface area (Å²) in [4.78, 5) is 38.3. The van der Waals surface area contributed by atoms with Gasteiger partial charge in [-0.05, 0) is 109 Å². The number of allylic oxidation sites excluding steroid dienone is 12. The molecular formula is C72H128O6. The van der Waals surface area contributed by atoms with Gasteiger partial charge in [-0.1, -0.05) is 293 Å². The minimum absolute atomic E-state index is 0.0794. The summed E-state index contributed by atoms with van der Waals surface area (Å²) in [5, 5.41) is 0. The quantitative estimate of drug-likeness (QED) is 0.0261. The predicted molar refractivity (Wildman–Crippen MR) is 339 cm³/mol. The zero-order valence-corrected chi connectivity index (χ0v) is 51.9. The molecule has 0 aromatic carbocycles. The molecular weight excluding hydrogens is 961 g/mol. The van der Waals surface area contributed by atoms with Crippen molar-refractivity contribution in [3.8, 4) is 0 Å². The van der Waals surface area contributed by atoms with Gasteiger partial charge >= 0.3 is 17.9 Å². The highest BCUT2D eigenvalue weighted by atomic mass is 16.6. The number of ether oxygens (including phenoxy) is 3. The Morgan fingerprint density at radius 1 is 0.269 bits per heavy atom. The topological polar surface area (TPSA) is 78.9 Å². The summed E-state index contributed by atoms with van der Waals surface area (Å²) in [6.45, 7) is 6.54. The van der Waals surface area contributed by atoms with Crippen molar-refractivity contribution in [2.75, 3.05) is 13.2 Å². The van der Waals surface area contributed by atoms with Gasteiger partial charge in [-0.3, -0.25) is 14.4 Å². The van der Waals surface area contributed by atoms with Crippen molar-refractivity contribution >= 4 is 17.9 Å². The number of esters is 3. The van der Waals surface area contributed by atoms with E-state index in [0.29, 0.717) is 19.3 Å². The molecule has 0 N–H and O–H groups in total. The first-order valence-corrected chi connectivity index (χ1v) is 33.9. The minimum atomic E-state index is -0.784. The van der Waals surface area contributed by atoms with E-state index < -0.39 is 6.10 Å². The highest BCUT2D eigenvalue weighted by molar-refractivity contribution is 5.71. The molecule has 0 aliphatic heterocycles. The van der Waals surface area contributed by atoms with Gasteiger partial charge in [0.2, 0.25) is 0 Å². The molecule has 0 bridgehead atoms. The Kier molecular flexibility index (Phi) is 63.7. The first-order chi connectivity index (χ1) is 38.5. The molecule has 0 saturated heterocycles. The molecule has 0 aliphatic carbocycles. The van der Waals surface area contributed by atoms with Crippen LogP contribution in [0.1, 0.15) is 348 Å². The molecule has 0 heterocycles. The molecule has 0 amide bonds. The highest BCUT2D eigenvalue weighted by Crippen LogP contribution is 2.17. The molecule has 6 nitrogen and oxygen atoms in total.